The van der Waals surface area contributed by atoms with Crippen LogP contribution >= 0.6 is 0 Å². The van der Waals surface area contributed by atoms with Crippen molar-refractivity contribution in [3.63, 3.8) is 0 Å². The van der Waals surface area contributed by atoms with Crippen molar-refractivity contribution in [2.45, 2.75) is 13.8 Å². The monoisotopic (exact) mass is 264 g/mol. The Hall–Kier alpha value is -1.88. The third kappa shape index (κ3) is 5.52. The number of aryl methyl sites for hydroxylation is 1. The maximum atomic E-state index is 11.9. The summed E-state index contributed by atoms with van der Waals surface area (Å²) in [5.74, 6) is -0.353. The summed E-state index contributed by atoms with van der Waals surface area (Å²) in [7, 11) is 1.56. The standard InChI is InChI=1S/C14H20N2O3/c1-11-5-4-6-13(9-11)15-14(18)10-16(12(2)17)7-8-19-3/h4-6,9H,7-8,10H2,1-3H3,(H,15,18). The fourth-order valence-corrected chi connectivity index (χ4v) is 1.65. The van der Waals surface area contributed by atoms with Gasteiger partial charge in [-0.25, -0.2) is 0 Å². The Morgan fingerprint density at radius 3 is 2.68 bits per heavy atom. The highest BCUT2D eigenvalue weighted by molar-refractivity contribution is 5.94. The number of amides is 2. The van der Waals surface area contributed by atoms with Crippen LogP contribution in [0.15, 0.2) is 24.3 Å². The van der Waals surface area contributed by atoms with Gasteiger partial charge in [-0.3, -0.25) is 9.59 Å². The van der Waals surface area contributed by atoms with Crippen LogP contribution < -0.4 is 5.32 Å². The number of hydrogen-bond acceptors (Lipinski definition) is 3. The lowest BCUT2D eigenvalue weighted by Gasteiger charge is -2.20. The first-order chi connectivity index (χ1) is 9.02. The smallest absolute Gasteiger partial charge is 0.243 e. The molecule has 0 radical (unpaired) electrons. The van der Waals surface area contributed by atoms with Crippen LogP contribution in [0.1, 0.15) is 12.5 Å². The van der Waals surface area contributed by atoms with Gasteiger partial charge < -0.3 is 15.0 Å². The van der Waals surface area contributed by atoms with E-state index in [0.29, 0.717) is 13.2 Å². The Balaban J connectivity index is 2.55. The average molecular weight is 264 g/mol. The van der Waals surface area contributed by atoms with Crippen LogP contribution in [0.3, 0.4) is 0 Å². The maximum absolute atomic E-state index is 11.9. The molecule has 0 aliphatic heterocycles. The third-order valence-corrected chi connectivity index (χ3v) is 2.65. The van der Waals surface area contributed by atoms with Gasteiger partial charge in [-0.05, 0) is 24.6 Å². The van der Waals surface area contributed by atoms with E-state index in [4.69, 9.17) is 4.74 Å². The minimum Gasteiger partial charge on any atom is -0.383 e. The van der Waals surface area contributed by atoms with Crippen LogP contribution in [0, 0.1) is 6.92 Å². The summed E-state index contributed by atoms with van der Waals surface area (Å²) in [6, 6.07) is 7.53. The molecule has 5 nitrogen and oxygen atoms in total. The molecule has 1 aromatic rings. The molecule has 0 bridgehead atoms. The van der Waals surface area contributed by atoms with Gasteiger partial charge in [0, 0.05) is 26.3 Å². The van der Waals surface area contributed by atoms with E-state index >= 15 is 0 Å². The van der Waals surface area contributed by atoms with Crippen molar-refractivity contribution in [2.24, 2.45) is 0 Å². The largest absolute Gasteiger partial charge is 0.383 e. The van der Waals surface area contributed by atoms with Crippen molar-refractivity contribution in [1.29, 1.82) is 0 Å². The normalized spacial score (nSPS) is 10.1. The van der Waals surface area contributed by atoms with Crippen LogP contribution in [0.2, 0.25) is 0 Å². The minimum absolute atomic E-state index is 0.0344. The zero-order valence-electron chi connectivity index (χ0n) is 11.6. The number of hydrogen-bond donors (Lipinski definition) is 1. The Morgan fingerprint density at radius 1 is 1.37 bits per heavy atom. The molecule has 19 heavy (non-hydrogen) atoms. The first-order valence-corrected chi connectivity index (χ1v) is 6.14. The second kappa shape index (κ2) is 7.53. The van der Waals surface area contributed by atoms with Crippen LogP contribution in [-0.2, 0) is 14.3 Å². The zero-order valence-corrected chi connectivity index (χ0v) is 11.6. The molecule has 0 spiro atoms. The van der Waals surface area contributed by atoms with Gasteiger partial charge >= 0.3 is 0 Å². The number of carbonyl (C=O) groups excluding carboxylic acids is 2. The molecule has 0 aliphatic rings. The first kappa shape index (κ1) is 15.2. The van der Waals surface area contributed by atoms with E-state index in [2.05, 4.69) is 5.32 Å². The molecule has 0 atom stereocenters. The van der Waals surface area contributed by atoms with Gasteiger partial charge in [0.25, 0.3) is 0 Å². The molecule has 0 aromatic heterocycles. The van der Waals surface area contributed by atoms with Gasteiger partial charge in [0.1, 0.15) is 0 Å². The van der Waals surface area contributed by atoms with Gasteiger partial charge in [-0.2, -0.15) is 0 Å². The van der Waals surface area contributed by atoms with E-state index < -0.39 is 0 Å². The van der Waals surface area contributed by atoms with Crippen molar-refractivity contribution in [3.8, 4) is 0 Å². The van der Waals surface area contributed by atoms with Crippen LogP contribution in [0.5, 0.6) is 0 Å². The molecule has 0 saturated heterocycles. The number of rotatable bonds is 6. The second-order valence-electron chi connectivity index (χ2n) is 4.35. The topological polar surface area (TPSA) is 58.6 Å². The number of methoxy groups -OCH3 is 1. The van der Waals surface area contributed by atoms with Crippen LogP contribution in [0.4, 0.5) is 5.69 Å². The van der Waals surface area contributed by atoms with Gasteiger partial charge in [0.05, 0.1) is 13.2 Å². The van der Waals surface area contributed by atoms with Gasteiger partial charge in [0.15, 0.2) is 0 Å². The molecular weight excluding hydrogens is 244 g/mol. The molecule has 5 heteroatoms. The Morgan fingerprint density at radius 2 is 2.11 bits per heavy atom. The molecule has 1 aromatic carbocycles. The van der Waals surface area contributed by atoms with Crippen molar-refractivity contribution in [2.75, 3.05) is 32.1 Å². The summed E-state index contributed by atoms with van der Waals surface area (Å²) in [6.45, 7) is 4.25. The predicted octanol–water partition coefficient (Wildman–Crippen LogP) is 1.43. The zero-order chi connectivity index (χ0) is 14.3. The van der Waals surface area contributed by atoms with Crippen molar-refractivity contribution in [3.05, 3.63) is 29.8 Å². The highest BCUT2D eigenvalue weighted by Crippen LogP contribution is 2.09. The highest BCUT2D eigenvalue weighted by Gasteiger charge is 2.13. The Labute approximate surface area is 113 Å². The molecule has 0 saturated carbocycles. The lowest BCUT2D eigenvalue weighted by molar-refractivity contribution is -0.133. The second-order valence-corrected chi connectivity index (χ2v) is 4.35. The molecule has 1 rings (SSSR count). The summed E-state index contributed by atoms with van der Waals surface area (Å²) in [4.78, 5) is 24.7. The van der Waals surface area contributed by atoms with Crippen molar-refractivity contribution >= 4 is 17.5 Å². The average Bonchev–Trinajstić information content (AvgIpc) is 2.34. The van der Waals surface area contributed by atoms with E-state index in [1.807, 2.05) is 31.2 Å². The molecule has 0 unspecified atom stereocenters. The van der Waals surface area contributed by atoms with Crippen LogP contribution in [-0.4, -0.2) is 43.5 Å². The van der Waals surface area contributed by atoms with E-state index in [-0.39, 0.29) is 18.4 Å². The molecule has 2 amide bonds. The van der Waals surface area contributed by atoms with E-state index in [0.717, 1.165) is 11.3 Å². The summed E-state index contributed by atoms with van der Waals surface area (Å²) >= 11 is 0. The summed E-state index contributed by atoms with van der Waals surface area (Å²) in [6.07, 6.45) is 0. The number of benzene rings is 1. The van der Waals surface area contributed by atoms with Crippen molar-refractivity contribution in [1.82, 2.24) is 4.90 Å². The van der Waals surface area contributed by atoms with Crippen LogP contribution in [0.25, 0.3) is 0 Å². The number of nitrogens with one attached hydrogen (secondary N) is 1. The van der Waals surface area contributed by atoms with Gasteiger partial charge in [0.2, 0.25) is 11.8 Å². The molecule has 0 aliphatic carbocycles. The summed E-state index contributed by atoms with van der Waals surface area (Å²) < 4.78 is 4.91. The number of ether oxygens (including phenoxy) is 1. The van der Waals surface area contributed by atoms with Gasteiger partial charge in [-0.15, -0.1) is 0 Å². The quantitative estimate of drug-likeness (QED) is 0.845. The molecular formula is C14H20N2O3. The Bertz CT molecular complexity index is 446. The minimum atomic E-state index is -0.211. The van der Waals surface area contributed by atoms with E-state index in [1.165, 1.54) is 11.8 Å². The lowest BCUT2D eigenvalue weighted by Crippen LogP contribution is -2.38. The number of anilines is 1. The molecule has 104 valence electrons. The fraction of sp³-hybridized carbons (Fsp3) is 0.429. The maximum Gasteiger partial charge on any atom is 0.243 e. The third-order valence-electron chi connectivity index (χ3n) is 2.65. The van der Waals surface area contributed by atoms with Crippen molar-refractivity contribution < 1.29 is 14.3 Å². The molecule has 0 fully saturated rings. The SMILES string of the molecule is COCCN(CC(=O)Nc1cccc(C)c1)C(C)=O. The highest BCUT2D eigenvalue weighted by atomic mass is 16.5. The first-order valence-electron chi connectivity index (χ1n) is 6.14. The fourth-order valence-electron chi connectivity index (χ4n) is 1.65. The molecule has 1 N–H and O–H groups in total. The number of carbonyl (C=O) groups is 2. The lowest BCUT2D eigenvalue weighted by atomic mass is 10.2. The predicted molar refractivity (Wildman–Crippen MR) is 73.9 cm³/mol. The van der Waals surface area contributed by atoms with E-state index in [1.54, 1.807) is 7.11 Å². The molecule has 0 heterocycles. The summed E-state index contributed by atoms with van der Waals surface area (Å²) in [5, 5.41) is 2.77. The van der Waals surface area contributed by atoms with Gasteiger partial charge in [-0.1, -0.05) is 12.1 Å². The Kier molecular flexibility index (Phi) is 6.02. The number of nitrogens with zero attached hydrogens (tertiary/aromatic N) is 1. The summed E-state index contributed by atoms with van der Waals surface area (Å²) in [5.41, 5.74) is 1.81. The van der Waals surface area contributed by atoms with E-state index in [9.17, 15) is 9.59 Å².